The molecule has 1 aliphatic rings. The topological polar surface area (TPSA) is 49.4 Å². The Morgan fingerprint density at radius 2 is 1.96 bits per heavy atom. The fourth-order valence-electron chi connectivity index (χ4n) is 3.31. The van der Waals surface area contributed by atoms with E-state index in [1.165, 1.54) is 19.1 Å². The quantitative estimate of drug-likeness (QED) is 0.923. The Bertz CT molecular complexity index is 774. The summed E-state index contributed by atoms with van der Waals surface area (Å²) >= 11 is 0. The lowest BCUT2D eigenvalue weighted by molar-refractivity contribution is -0.131. The van der Waals surface area contributed by atoms with Crippen LogP contribution in [0.25, 0.3) is 0 Å². The van der Waals surface area contributed by atoms with E-state index < -0.39 is 0 Å². The molecule has 0 aliphatic carbocycles. The van der Waals surface area contributed by atoms with Crippen LogP contribution in [0, 0.1) is 5.82 Å². The molecule has 0 spiro atoms. The van der Waals surface area contributed by atoms with E-state index in [4.69, 9.17) is 0 Å². The third-order valence-corrected chi connectivity index (χ3v) is 4.44. The van der Waals surface area contributed by atoms with Gasteiger partial charge in [0.05, 0.1) is 12.5 Å². The van der Waals surface area contributed by atoms with Crippen LogP contribution in [0.15, 0.2) is 48.5 Å². The number of carbonyl (C=O) groups excluding carboxylic acids is 2. The SMILES string of the molecule is CC(=O)Nc1ccc(CC(=O)N2CCCC2c2cccc(F)c2)cc1. The van der Waals surface area contributed by atoms with Gasteiger partial charge in [0.25, 0.3) is 0 Å². The van der Waals surface area contributed by atoms with Gasteiger partial charge in [-0.05, 0) is 48.2 Å². The van der Waals surface area contributed by atoms with E-state index in [0.29, 0.717) is 18.7 Å². The van der Waals surface area contributed by atoms with E-state index in [2.05, 4.69) is 5.32 Å². The molecule has 0 radical (unpaired) electrons. The third-order valence-electron chi connectivity index (χ3n) is 4.44. The number of hydrogen-bond acceptors (Lipinski definition) is 2. The summed E-state index contributed by atoms with van der Waals surface area (Å²) in [6.45, 7) is 2.15. The first-order chi connectivity index (χ1) is 12.0. The van der Waals surface area contributed by atoms with Gasteiger partial charge < -0.3 is 10.2 Å². The summed E-state index contributed by atoms with van der Waals surface area (Å²) in [5.74, 6) is -0.358. The molecule has 25 heavy (non-hydrogen) atoms. The van der Waals surface area contributed by atoms with Crippen LogP contribution in [0.5, 0.6) is 0 Å². The zero-order valence-electron chi connectivity index (χ0n) is 14.2. The molecule has 0 bridgehead atoms. The van der Waals surface area contributed by atoms with E-state index >= 15 is 0 Å². The minimum Gasteiger partial charge on any atom is -0.335 e. The molecule has 1 saturated heterocycles. The number of rotatable bonds is 4. The first-order valence-corrected chi connectivity index (χ1v) is 8.44. The number of benzene rings is 2. The molecule has 2 aromatic rings. The Balaban J connectivity index is 1.68. The van der Waals surface area contributed by atoms with Gasteiger partial charge in [0.15, 0.2) is 0 Å². The lowest BCUT2D eigenvalue weighted by Gasteiger charge is -2.25. The maximum absolute atomic E-state index is 13.5. The summed E-state index contributed by atoms with van der Waals surface area (Å²) in [5.41, 5.74) is 2.46. The van der Waals surface area contributed by atoms with Gasteiger partial charge in [0.2, 0.25) is 11.8 Å². The van der Waals surface area contributed by atoms with Gasteiger partial charge in [-0.1, -0.05) is 24.3 Å². The largest absolute Gasteiger partial charge is 0.335 e. The number of nitrogens with zero attached hydrogens (tertiary/aromatic N) is 1. The first kappa shape index (κ1) is 17.1. The van der Waals surface area contributed by atoms with Gasteiger partial charge in [-0.25, -0.2) is 4.39 Å². The Morgan fingerprint density at radius 3 is 2.64 bits per heavy atom. The van der Waals surface area contributed by atoms with Gasteiger partial charge in [0, 0.05) is 19.2 Å². The molecule has 1 unspecified atom stereocenters. The van der Waals surface area contributed by atoms with E-state index in [-0.39, 0.29) is 23.7 Å². The molecule has 1 atom stereocenters. The van der Waals surface area contributed by atoms with Crippen molar-refractivity contribution in [2.75, 3.05) is 11.9 Å². The van der Waals surface area contributed by atoms with Gasteiger partial charge >= 0.3 is 0 Å². The second kappa shape index (κ2) is 7.47. The molecular weight excluding hydrogens is 319 g/mol. The van der Waals surface area contributed by atoms with Crippen molar-refractivity contribution in [1.29, 1.82) is 0 Å². The predicted molar refractivity (Wildman–Crippen MR) is 94.5 cm³/mol. The fraction of sp³-hybridized carbons (Fsp3) is 0.300. The van der Waals surface area contributed by atoms with Crippen molar-refractivity contribution in [2.24, 2.45) is 0 Å². The molecule has 5 heteroatoms. The number of anilines is 1. The minimum atomic E-state index is -0.273. The van der Waals surface area contributed by atoms with Crippen LogP contribution in [-0.2, 0) is 16.0 Å². The second-order valence-corrected chi connectivity index (χ2v) is 6.36. The lowest BCUT2D eigenvalue weighted by atomic mass is 10.0. The average molecular weight is 340 g/mol. The Kier molecular flexibility index (Phi) is 5.12. The highest BCUT2D eigenvalue weighted by Crippen LogP contribution is 2.32. The van der Waals surface area contributed by atoms with Crippen molar-refractivity contribution < 1.29 is 14.0 Å². The first-order valence-electron chi connectivity index (χ1n) is 8.44. The molecular formula is C20H21FN2O2. The van der Waals surface area contributed by atoms with Crippen molar-refractivity contribution in [3.8, 4) is 0 Å². The Morgan fingerprint density at radius 1 is 1.20 bits per heavy atom. The molecule has 2 amide bonds. The average Bonchev–Trinajstić information content (AvgIpc) is 3.06. The molecule has 0 saturated carbocycles. The van der Waals surface area contributed by atoms with Crippen molar-refractivity contribution in [3.05, 3.63) is 65.5 Å². The zero-order chi connectivity index (χ0) is 17.8. The van der Waals surface area contributed by atoms with Crippen LogP contribution in [-0.4, -0.2) is 23.3 Å². The van der Waals surface area contributed by atoms with E-state index in [1.54, 1.807) is 18.2 Å². The molecule has 130 valence electrons. The number of halogens is 1. The Labute approximate surface area is 146 Å². The van der Waals surface area contributed by atoms with Crippen molar-refractivity contribution in [2.45, 2.75) is 32.2 Å². The highest BCUT2D eigenvalue weighted by molar-refractivity contribution is 5.88. The van der Waals surface area contributed by atoms with Crippen molar-refractivity contribution in [1.82, 2.24) is 4.90 Å². The number of hydrogen-bond donors (Lipinski definition) is 1. The van der Waals surface area contributed by atoms with E-state index in [0.717, 1.165) is 24.0 Å². The summed E-state index contributed by atoms with van der Waals surface area (Å²) in [5, 5.41) is 2.70. The summed E-state index contributed by atoms with van der Waals surface area (Å²) in [4.78, 5) is 25.6. The molecule has 1 N–H and O–H groups in total. The molecule has 3 rings (SSSR count). The number of carbonyl (C=O) groups is 2. The minimum absolute atomic E-state index is 0.0408. The molecule has 1 heterocycles. The highest BCUT2D eigenvalue weighted by Gasteiger charge is 2.29. The van der Waals surface area contributed by atoms with Crippen molar-refractivity contribution in [3.63, 3.8) is 0 Å². The lowest BCUT2D eigenvalue weighted by Crippen LogP contribution is -2.31. The third kappa shape index (κ3) is 4.24. The van der Waals surface area contributed by atoms with Crippen LogP contribution in [0.3, 0.4) is 0 Å². The maximum Gasteiger partial charge on any atom is 0.227 e. The standard InChI is InChI=1S/C20H21FN2O2/c1-14(24)22-18-9-7-15(8-10-18)12-20(25)23-11-3-6-19(23)16-4-2-5-17(21)13-16/h2,4-5,7-10,13,19H,3,6,11-12H2,1H3,(H,22,24). The normalized spacial score (nSPS) is 16.7. The number of nitrogens with one attached hydrogen (secondary N) is 1. The van der Waals surface area contributed by atoms with Crippen LogP contribution in [0.1, 0.15) is 36.9 Å². The maximum atomic E-state index is 13.5. The smallest absolute Gasteiger partial charge is 0.227 e. The summed E-state index contributed by atoms with van der Waals surface area (Å²) in [6.07, 6.45) is 2.08. The Hall–Kier alpha value is -2.69. The van der Waals surface area contributed by atoms with Gasteiger partial charge in [0.1, 0.15) is 5.82 Å². The predicted octanol–water partition coefficient (Wildman–Crippen LogP) is 3.69. The summed E-state index contributed by atoms with van der Waals surface area (Å²) < 4.78 is 13.5. The van der Waals surface area contributed by atoms with Gasteiger partial charge in [-0.15, -0.1) is 0 Å². The summed E-state index contributed by atoms with van der Waals surface area (Å²) in [6, 6.07) is 13.7. The van der Waals surface area contributed by atoms with Crippen LogP contribution >= 0.6 is 0 Å². The second-order valence-electron chi connectivity index (χ2n) is 6.36. The van der Waals surface area contributed by atoms with Crippen LogP contribution < -0.4 is 5.32 Å². The van der Waals surface area contributed by atoms with Crippen LogP contribution in [0.2, 0.25) is 0 Å². The van der Waals surface area contributed by atoms with Gasteiger partial charge in [-0.2, -0.15) is 0 Å². The summed E-state index contributed by atoms with van der Waals surface area (Å²) in [7, 11) is 0. The molecule has 1 fully saturated rings. The van der Waals surface area contributed by atoms with Gasteiger partial charge in [-0.3, -0.25) is 9.59 Å². The molecule has 1 aliphatic heterocycles. The van der Waals surface area contributed by atoms with E-state index in [1.807, 2.05) is 23.1 Å². The van der Waals surface area contributed by atoms with Crippen LogP contribution in [0.4, 0.5) is 10.1 Å². The molecule has 4 nitrogen and oxygen atoms in total. The fourth-order valence-corrected chi connectivity index (χ4v) is 3.31. The van der Waals surface area contributed by atoms with Crippen molar-refractivity contribution >= 4 is 17.5 Å². The molecule has 0 aromatic heterocycles. The van der Waals surface area contributed by atoms with E-state index in [9.17, 15) is 14.0 Å². The number of amides is 2. The zero-order valence-corrected chi connectivity index (χ0v) is 14.2. The molecule has 2 aromatic carbocycles. The number of likely N-dealkylation sites (tertiary alicyclic amines) is 1. The monoisotopic (exact) mass is 340 g/mol. The highest BCUT2D eigenvalue weighted by atomic mass is 19.1.